The highest BCUT2D eigenvalue weighted by atomic mass is 32.2. The third kappa shape index (κ3) is 2.70. The van der Waals surface area contributed by atoms with Crippen molar-refractivity contribution in [3.8, 4) is 0 Å². The number of rotatable bonds is 5. The number of pyridine rings is 1. The predicted octanol–water partition coefficient (Wildman–Crippen LogP) is 1.15. The summed E-state index contributed by atoms with van der Waals surface area (Å²) in [5, 5.41) is 12.1. The fraction of sp³-hybridized carbons (Fsp3) is 0.500. The zero-order valence-electron chi connectivity index (χ0n) is 10.6. The smallest absolute Gasteiger partial charge is 0.311 e. The van der Waals surface area contributed by atoms with Gasteiger partial charge in [0.2, 0.25) is 0 Å². The number of nitrogens with one attached hydrogen (secondary N) is 1. The summed E-state index contributed by atoms with van der Waals surface area (Å²) < 4.78 is 23.2. The first kappa shape index (κ1) is 13.8. The van der Waals surface area contributed by atoms with Crippen LogP contribution < -0.4 is 5.32 Å². The summed E-state index contributed by atoms with van der Waals surface area (Å²) in [5.74, 6) is -0.624. The summed E-state index contributed by atoms with van der Waals surface area (Å²) in [6.45, 7) is 0.196. The maximum Gasteiger partial charge on any atom is 0.311 e. The molecule has 1 fully saturated rings. The molecule has 1 aliphatic rings. The Morgan fingerprint density at radius 2 is 2.21 bits per heavy atom. The van der Waals surface area contributed by atoms with E-state index in [1.807, 2.05) is 0 Å². The molecule has 2 N–H and O–H groups in total. The third-order valence-electron chi connectivity index (χ3n) is 3.53. The number of carboxylic acids is 1. The van der Waals surface area contributed by atoms with Gasteiger partial charge in [-0.15, -0.1) is 0 Å². The largest absolute Gasteiger partial charge is 0.481 e. The number of sulfone groups is 1. The van der Waals surface area contributed by atoms with Gasteiger partial charge in [0.15, 0.2) is 9.84 Å². The van der Waals surface area contributed by atoms with Crippen molar-refractivity contribution in [2.24, 2.45) is 5.41 Å². The van der Waals surface area contributed by atoms with Crippen LogP contribution in [0, 0.1) is 5.41 Å². The van der Waals surface area contributed by atoms with E-state index in [9.17, 15) is 18.3 Å². The second-order valence-corrected chi connectivity index (χ2v) is 6.90. The lowest BCUT2D eigenvalue weighted by Crippen LogP contribution is -2.43. The average Bonchev–Trinajstić information content (AvgIpc) is 2.26. The molecule has 104 valence electrons. The highest BCUT2D eigenvalue weighted by Crippen LogP contribution is 2.41. The van der Waals surface area contributed by atoms with Crippen molar-refractivity contribution in [1.82, 2.24) is 4.98 Å². The van der Waals surface area contributed by atoms with Crippen molar-refractivity contribution >= 4 is 21.6 Å². The van der Waals surface area contributed by atoms with Crippen LogP contribution in [0.1, 0.15) is 19.3 Å². The molecule has 1 saturated carbocycles. The Kier molecular flexibility index (Phi) is 3.49. The minimum absolute atomic E-state index is 0.0925. The van der Waals surface area contributed by atoms with E-state index in [-0.39, 0.29) is 17.3 Å². The number of anilines is 1. The van der Waals surface area contributed by atoms with E-state index in [0.717, 1.165) is 12.7 Å². The molecule has 0 atom stereocenters. The lowest BCUT2D eigenvalue weighted by Gasteiger charge is -2.37. The first-order chi connectivity index (χ1) is 8.85. The van der Waals surface area contributed by atoms with Crippen molar-refractivity contribution in [3.05, 3.63) is 18.3 Å². The van der Waals surface area contributed by atoms with Gasteiger partial charge in [-0.05, 0) is 25.0 Å². The zero-order valence-corrected chi connectivity index (χ0v) is 11.4. The Hall–Kier alpha value is -1.63. The van der Waals surface area contributed by atoms with E-state index in [0.29, 0.717) is 12.8 Å². The predicted molar refractivity (Wildman–Crippen MR) is 69.8 cm³/mol. The Morgan fingerprint density at radius 3 is 2.68 bits per heavy atom. The maximum atomic E-state index is 11.6. The Balaban J connectivity index is 2.19. The standard InChI is InChI=1S/C12H16N2O4S/c1-19(17,18)9-4-2-7-13-10(9)14-8-12(11(15)16)5-3-6-12/h2,4,7H,3,5-6,8H2,1H3,(H,13,14)(H,15,16). The van der Waals surface area contributed by atoms with Crippen LogP contribution in [0.25, 0.3) is 0 Å². The summed E-state index contributed by atoms with van der Waals surface area (Å²) in [6.07, 6.45) is 4.68. The molecule has 7 heteroatoms. The molecule has 0 bridgehead atoms. The van der Waals surface area contributed by atoms with E-state index in [1.165, 1.54) is 18.3 Å². The van der Waals surface area contributed by atoms with Crippen LogP contribution in [-0.4, -0.2) is 37.3 Å². The first-order valence-electron chi connectivity index (χ1n) is 5.97. The van der Waals surface area contributed by atoms with E-state index in [2.05, 4.69) is 10.3 Å². The summed E-state index contributed by atoms with van der Waals surface area (Å²) in [5.41, 5.74) is -0.785. The van der Waals surface area contributed by atoms with Crippen LogP contribution in [-0.2, 0) is 14.6 Å². The maximum absolute atomic E-state index is 11.6. The molecule has 1 aromatic heterocycles. The number of carboxylic acid groups (broad SMARTS) is 1. The summed E-state index contributed by atoms with van der Waals surface area (Å²) in [7, 11) is -3.38. The Morgan fingerprint density at radius 1 is 1.53 bits per heavy atom. The number of nitrogens with zero attached hydrogens (tertiary/aromatic N) is 1. The van der Waals surface area contributed by atoms with E-state index < -0.39 is 21.2 Å². The van der Waals surface area contributed by atoms with Gasteiger partial charge in [-0.1, -0.05) is 6.42 Å². The summed E-state index contributed by atoms with van der Waals surface area (Å²) in [6, 6.07) is 3.00. The van der Waals surface area contributed by atoms with E-state index in [1.54, 1.807) is 0 Å². The van der Waals surface area contributed by atoms with Gasteiger partial charge in [-0.25, -0.2) is 13.4 Å². The number of hydrogen-bond donors (Lipinski definition) is 2. The molecule has 0 aromatic carbocycles. The van der Waals surface area contributed by atoms with Crippen molar-refractivity contribution in [1.29, 1.82) is 0 Å². The topological polar surface area (TPSA) is 96.4 Å². The lowest BCUT2D eigenvalue weighted by molar-refractivity contribution is -0.153. The van der Waals surface area contributed by atoms with Gasteiger partial charge in [-0.2, -0.15) is 0 Å². The highest BCUT2D eigenvalue weighted by Gasteiger charge is 2.44. The first-order valence-corrected chi connectivity index (χ1v) is 7.87. The van der Waals surface area contributed by atoms with Crippen molar-refractivity contribution in [3.63, 3.8) is 0 Å². The number of hydrogen-bond acceptors (Lipinski definition) is 5. The molecule has 0 unspecified atom stereocenters. The van der Waals surface area contributed by atoms with Gasteiger partial charge >= 0.3 is 5.97 Å². The monoisotopic (exact) mass is 284 g/mol. The second kappa shape index (κ2) is 4.80. The minimum atomic E-state index is -3.38. The average molecular weight is 284 g/mol. The fourth-order valence-electron chi connectivity index (χ4n) is 2.15. The second-order valence-electron chi connectivity index (χ2n) is 4.91. The molecule has 6 nitrogen and oxygen atoms in total. The SMILES string of the molecule is CS(=O)(=O)c1cccnc1NCC1(C(=O)O)CCC1. The van der Waals surface area contributed by atoms with Crippen molar-refractivity contribution in [2.75, 3.05) is 18.1 Å². The third-order valence-corrected chi connectivity index (χ3v) is 4.66. The Bertz CT molecular complexity index is 594. The minimum Gasteiger partial charge on any atom is -0.481 e. The molecular formula is C12H16N2O4S. The summed E-state index contributed by atoms with van der Waals surface area (Å²) >= 11 is 0. The molecule has 0 amide bonds. The summed E-state index contributed by atoms with van der Waals surface area (Å²) in [4.78, 5) is 15.3. The lowest BCUT2D eigenvalue weighted by atomic mass is 9.69. The molecule has 19 heavy (non-hydrogen) atoms. The fourth-order valence-corrected chi connectivity index (χ4v) is 2.95. The molecule has 0 spiro atoms. The van der Waals surface area contributed by atoms with Gasteiger partial charge in [0, 0.05) is 19.0 Å². The number of aromatic nitrogens is 1. The molecular weight excluding hydrogens is 268 g/mol. The van der Waals surface area contributed by atoms with Crippen LogP contribution in [0.2, 0.25) is 0 Å². The van der Waals surface area contributed by atoms with Gasteiger partial charge < -0.3 is 10.4 Å². The molecule has 0 saturated heterocycles. The van der Waals surface area contributed by atoms with Gasteiger partial charge in [0.05, 0.1) is 5.41 Å². The molecule has 0 radical (unpaired) electrons. The molecule has 1 aromatic rings. The Labute approximate surface area is 111 Å². The number of carbonyl (C=O) groups is 1. The van der Waals surface area contributed by atoms with Crippen LogP contribution in [0.3, 0.4) is 0 Å². The van der Waals surface area contributed by atoms with Crippen molar-refractivity contribution in [2.45, 2.75) is 24.2 Å². The van der Waals surface area contributed by atoms with Crippen LogP contribution in [0.4, 0.5) is 5.82 Å². The van der Waals surface area contributed by atoms with E-state index >= 15 is 0 Å². The van der Waals surface area contributed by atoms with Crippen molar-refractivity contribution < 1.29 is 18.3 Å². The zero-order chi connectivity index (χ0) is 14.1. The normalized spacial score (nSPS) is 17.5. The van der Waals surface area contributed by atoms with E-state index in [4.69, 9.17) is 0 Å². The molecule has 0 aliphatic heterocycles. The molecule has 1 heterocycles. The molecule has 1 aliphatic carbocycles. The van der Waals surface area contributed by atoms with Gasteiger partial charge in [0.25, 0.3) is 0 Å². The number of aliphatic carboxylic acids is 1. The van der Waals surface area contributed by atoms with Gasteiger partial charge in [-0.3, -0.25) is 4.79 Å². The quantitative estimate of drug-likeness (QED) is 0.842. The van der Waals surface area contributed by atoms with Crippen LogP contribution in [0.15, 0.2) is 23.2 Å². The van der Waals surface area contributed by atoms with Crippen LogP contribution in [0.5, 0.6) is 0 Å². The molecule has 2 rings (SSSR count). The van der Waals surface area contributed by atoms with Gasteiger partial charge in [0.1, 0.15) is 10.7 Å². The highest BCUT2D eigenvalue weighted by molar-refractivity contribution is 7.90. The van der Waals surface area contributed by atoms with Crippen LogP contribution >= 0.6 is 0 Å².